The van der Waals surface area contributed by atoms with Gasteiger partial charge >= 0.3 is 0 Å². The smallest absolute Gasteiger partial charge is 0.122 e. The van der Waals surface area contributed by atoms with Crippen LogP contribution in [0, 0.1) is 13.8 Å². The number of ether oxygens (including phenoxy) is 1. The molecule has 0 aromatic heterocycles. The third-order valence-corrected chi connectivity index (χ3v) is 3.83. The highest BCUT2D eigenvalue weighted by atomic mass is 16.5. The van der Waals surface area contributed by atoms with E-state index in [1.807, 2.05) is 0 Å². The van der Waals surface area contributed by atoms with Crippen molar-refractivity contribution in [2.24, 2.45) is 0 Å². The second kappa shape index (κ2) is 8.98. The number of unbranched alkanes of at least 4 members (excludes halogenated alkanes) is 2. The van der Waals surface area contributed by atoms with Crippen molar-refractivity contribution in [3.05, 3.63) is 29.3 Å². The van der Waals surface area contributed by atoms with E-state index in [4.69, 9.17) is 4.74 Å². The van der Waals surface area contributed by atoms with E-state index >= 15 is 0 Å². The Morgan fingerprint density at radius 2 is 1.74 bits per heavy atom. The first-order valence-corrected chi connectivity index (χ1v) is 7.60. The lowest BCUT2D eigenvalue weighted by molar-refractivity contribution is 0.276. The molecule has 2 heteroatoms. The van der Waals surface area contributed by atoms with E-state index < -0.39 is 0 Å². The van der Waals surface area contributed by atoms with Gasteiger partial charge in [0.25, 0.3) is 0 Å². The zero-order chi connectivity index (χ0) is 14.1. The first-order valence-electron chi connectivity index (χ1n) is 7.60. The Kier molecular flexibility index (Phi) is 7.57. The summed E-state index contributed by atoms with van der Waals surface area (Å²) in [7, 11) is 0. The normalized spacial score (nSPS) is 11.0. The van der Waals surface area contributed by atoms with Gasteiger partial charge in [-0.1, -0.05) is 26.0 Å². The van der Waals surface area contributed by atoms with Crippen LogP contribution in [0.3, 0.4) is 0 Å². The Balaban J connectivity index is 2.16. The highest BCUT2D eigenvalue weighted by Crippen LogP contribution is 2.20. The van der Waals surface area contributed by atoms with E-state index in [1.165, 1.54) is 30.5 Å². The average Bonchev–Trinajstić information content (AvgIpc) is 2.42. The van der Waals surface area contributed by atoms with Crippen molar-refractivity contribution in [2.45, 2.75) is 47.0 Å². The van der Waals surface area contributed by atoms with Gasteiger partial charge in [-0.05, 0) is 69.9 Å². The maximum atomic E-state index is 5.86. The first kappa shape index (κ1) is 16.0. The van der Waals surface area contributed by atoms with Gasteiger partial charge in [-0.25, -0.2) is 0 Å². The molecule has 0 spiro atoms. The summed E-state index contributed by atoms with van der Waals surface area (Å²) in [6.07, 6.45) is 3.67. The molecule has 0 radical (unpaired) electrons. The molecule has 0 saturated heterocycles. The topological polar surface area (TPSA) is 12.5 Å². The van der Waals surface area contributed by atoms with Gasteiger partial charge in [0.1, 0.15) is 5.75 Å². The van der Waals surface area contributed by atoms with E-state index in [1.54, 1.807) is 0 Å². The van der Waals surface area contributed by atoms with Crippen molar-refractivity contribution in [1.29, 1.82) is 0 Å². The zero-order valence-corrected chi connectivity index (χ0v) is 13.0. The fourth-order valence-corrected chi connectivity index (χ4v) is 2.22. The van der Waals surface area contributed by atoms with Crippen LogP contribution in [0.4, 0.5) is 0 Å². The predicted molar refractivity (Wildman–Crippen MR) is 83.1 cm³/mol. The number of rotatable bonds is 9. The minimum atomic E-state index is 0.836. The lowest BCUT2D eigenvalue weighted by atomic mass is 10.1. The summed E-state index contributed by atoms with van der Waals surface area (Å²) in [4.78, 5) is 2.48. The molecular weight excluding hydrogens is 234 g/mol. The van der Waals surface area contributed by atoms with Crippen molar-refractivity contribution < 1.29 is 4.74 Å². The minimum absolute atomic E-state index is 0.836. The van der Waals surface area contributed by atoms with Gasteiger partial charge < -0.3 is 9.64 Å². The molecule has 0 N–H and O–H groups in total. The molecule has 1 rings (SSSR count). The Morgan fingerprint density at radius 3 is 2.42 bits per heavy atom. The molecule has 108 valence electrons. The van der Waals surface area contributed by atoms with Gasteiger partial charge in [-0.15, -0.1) is 0 Å². The van der Waals surface area contributed by atoms with Gasteiger partial charge in [0, 0.05) is 0 Å². The van der Waals surface area contributed by atoms with Crippen LogP contribution >= 0.6 is 0 Å². The van der Waals surface area contributed by atoms with Crippen molar-refractivity contribution in [1.82, 2.24) is 4.90 Å². The monoisotopic (exact) mass is 263 g/mol. The van der Waals surface area contributed by atoms with Crippen LogP contribution in [0.2, 0.25) is 0 Å². The van der Waals surface area contributed by atoms with E-state index in [9.17, 15) is 0 Å². The molecule has 0 fully saturated rings. The molecule has 1 aromatic rings. The van der Waals surface area contributed by atoms with Crippen molar-refractivity contribution >= 4 is 0 Å². The summed E-state index contributed by atoms with van der Waals surface area (Å²) in [5.74, 6) is 1.05. The Labute approximate surface area is 118 Å². The molecule has 0 heterocycles. The Bertz CT molecular complexity index is 358. The molecular formula is C17H29NO. The molecule has 0 aliphatic rings. The van der Waals surface area contributed by atoms with Crippen LogP contribution in [0.15, 0.2) is 18.2 Å². The van der Waals surface area contributed by atoms with Crippen molar-refractivity contribution in [3.8, 4) is 5.75 Å². The molecule has 0 amide bonds. The van der Waals surface area contributed by atoms with E-state index in [2.05, 4.69) is 50.8 Å². The number of aryl methyl sites for hydroxylation is 1. The quantitative estimate of drug-likeness (QED) is 0.619. The van der Waals surface area contributed by atoms with Crippen LogP contribution in [-0.4, -0.2) is 31.1 Å². The maximum Gasteiger partial charge on any atom is 0.122 e. The zero-order valence-electron chi connectivity index (χ0n) is 13.0. The average molecular weight is 263 g/mol. The van der Waals surface area contributed by atoms with Gasteiger partial charge in [-0.3, -0.25) is 0 Å². The molecule has 19 heavy (non-hydrogen) atoms. The van der Waals surface area contributed by atoms with Crippen LogP contribution in [-0.2, 0) is 0 Å². The molecule has 0 unspecified atom stereocenters. The second-order valence-electron chi connectivity index (χ2n) is 5.13. The van der Waals surface area contributed by atoms with E-state index in [0.29, 0.717) is 0 Å². The lowest BCUT2D eigenvalue weighted by Gasteiger charge is -2.17. The Morgan fingerprint density at radius 1 is 1.00 bits per heavy atom. The first-order chi connectivity index (χ1) is 9.19. The maximum absolute atomic E-state index is 5.86. The fourth-order valence-electron chi connectivity index (χ4n) is 2.22. The van der Waals surface area contributed by atoms with Crippen molar-refractivity contribution in [2.75, 3.05) is 26.2 Å². The number of nitrogens with zero attached hydrogens (tertiary/aromatic N) is 1. The summed E-state index contributed by atoms with van der Waals surface area (Å²) in [5.41, 5.74) is 2.57. The van der Waals surface area contributed by atoms with Crippen LogP contribution in [0.25, 0.3) is 0 Å². The SMILES string of the molecule is CCN(CC)CCCCCOc1cccc(C)c1C. The summed E-state index contributed by atoms with van der Waals surface area (Å²) < 4.78 is 5.86. The van der Waals surface area contributed by atoms with Crippen LogP contribution < -0.4 is 4.74 Å². The van der Waals surface area contributed by atoms with Crippen LogP contribution in [0.1, 0.15) is 44.2 Å². The number of hydrogen-bond acceptors (Lipinski definition) is 2. The fraction of sp³-hybridized carbons (Fsp3) is 0.647. The Hall–Kier alpha value is -1.02. The highest BCUT2D eigenvalue weighted by Gasteiger charge is 2.02. The number of hydrogen-bond donors (Lipinski definition) is 0. The lowest BCUT2D eigenvalue weighted by Crippen LogP contribution is -2.23. The summed E-state index contributed by atoms with van der Waals surface area (Å²) in [6, 6.07) is 6.27. The minimum Gasteiger partial charge on any atom is -0.493 e. The van der Waals surface area contributed by atoms with Gasteiger partial charge in [-0.2, -0.15) is 0 Å². The van der Waals surface area contributed by atoms with Crippen LogP contribution in [0.5, 0.6) is 5.75 Å². The largest absolute Gasteiger partial charge is 0.493 e. The predicted octanol–water partition coefficient (Wildman–Crippen LogP) is 4.19. The molecule has 0 atom stereocenters. The number of benzene rings is 1. The molecule has 2 nitrogen and oxygen atoms in total. The van der Waals surface area contributed by atoms with E-state index in [-0.39, 0.29) is 0 Å². The third-order valence-electron chi connectivity index (χ3n) is 3.83. The summed E-state index contributed by atoms with van der Waals surface area (Å²) >= 11 is 0. The van der Waals surface area contributed by atoms with Gasteiger partial charge in [0.05, 0.1) is 6.61 Å². The molecule has 0 aliphatic carbocycles. The molecule has 0 aliphatic heterocycles. The third kappa shape index (κ3) is 5.65. The summed E-state index contributed by atoms with van der Waals surface area (Å²) in [5, 5.41) is 0. The molecule has 0 bridgehead atoms. The molecule has 0 saturated carbocycles. The van der Waals surface area contributed by atoms with Crippen molar-refractivity contribution in [3.63, 3.8) is 0 Å². The van der Waals surface area contributed by atoms with E-state index in [0.717, 1.165) is 31.9 Å². The van der Waals surface area contributed by atoms with Gasteiger partial charge in [0.15, 0.2) is 0 Å². The summed E-state index contributed by atoms with van der Waals surface area (Å²) in [6.45, 7) is 13.1. The molecule has 1 aromatic carbocycles. The second-order valence-corrected chi connectivity index (χ2v) is 5.13. The highest BCUT2D eigenvalue weighted by molar-refractivity contribution is 5.38. The van der Waals surface area contributed by atoms with Gasteiger partial charge in [0.2, 0.25) is 0 Å². The standard InChI is InChI=1S/C17H29NO/c1-5-18(6-2)13-8-7-9-14-19-17-12-10-11-15(3)16(17)4/h10-12H,5-9,13-14H2,1-4H3.